The van der Waals surface area contributed by atoms with Crippen LogP contribution >= 0.6 is 0 Å². The molecule has 58 valence electrons. The van der Waals surface area contributed by atoms with Crippen LogP contribution in [-0.2, 0) is 7.05 Å². The zero-order chi connectivity index (χ0) is 8.27. The third-order valence-electron chi connectivity index (χ3n) is 1.13. The summed E-state index contributed by atoms with van der Waals surface area (Å²) in [5.41, 5.74) is 0.408. The molecule has 5 nitrogen and oxygen atoms in total. The van der Waals surface area contributed by atoms with Gasteiger partial charge in [-0.05, 0) is 0 Å². The van der Waals surface area contributed by atoms with Gasteiger partial charge in [-0.25, -0.2) is 9.67 Å². The quantitative estimate of drug-likeness (QED) is 0.496. The van der Waals surface area contributed by atoms with Crippen LogP contribution in [0.15, 0.2) is 9.52 Å². The van der Waals surface area contributed by atoms with Crippen molar-refractivity contribution in [3.8, 4) is 12.3 Å². The fourth-order valence-corrected chi connectivity index (χ4v) is 0.654. The second-order valence-corrected chi connectivity index (χ2v) is 1.93. The Kier molecular flexibility index (Phi) is 1.97. The lowest BCUT2D eigenvalue weighted by molar-refractivity contribution is 0.330. The lowest BCUT2D eigenvalue weighted by Crippen LogP contribution is -2.27. The van der Waals surface area contributed by atoms with Gasteiger partial charge in [-0.1, -0.05) is 5.92 Å². The summed E-state index contributed by atoms with van der Waals surface area (Å²) in [7, 11) is 1.69. The second kappa shape index (κ2) is 2.92. The fourth-order valence-electron chi connectivity index (χ4n) is 0.654. The SMILES string of the molecule is C#CCN=c1c(=N)o[nH]n1C. The molecule has 0 aliphatic carbocycles. The topological polar surface area (TPSA) is 70.1 Å². The first-order valence-corrected chi connectivity index (χ1v) is 2.98. The maximum atomic E-state index is 7.19. The molecule has 11 heavy (non-hydrogen) atoms. The molecule has 0 unspecified atom stereocenters. The average Bonchev–Trinajstić information content (AvgIpc) is 2.29. The molecule has 0 radical (unpaired) electrons. The summed E-state index contributed by atoms with van der Waals surface area (Å²) in [6.07, 6.45) is 4.99. The fraction of sp³-hybridized carbons (Fsp3) is 0.333. The van der Waals surface area contributed by atoms with Crippen molar-refractivity contribution < 1.29 is 4.52 Å². The number of nitrogens with zero attached hydrogens (tertiary/aromatic N) is 2. The van der Waals surface area contributed by atoms with Gasteiger partial charge < -0.3 is 4.52 Å². The summed E-state index contributed by atoms with van der Waals surface area (Å²) >= 11 is 0. The molecular weight excluding hydrogens is 144 g/mol. The molecule has 0 bridgehead atoms. The Morgan fingerprint density at radius 3 is 3.09 bits per heavy atom. The van der Waals surface area contributed by atoms with Crippen LogP contribution in [0.4, 0.5) is 0 Å². The van der Waals surface area contributed by atoms with Crippen molar-refractivity contribution in [3.63, 3.8) is 0 Å². The van der Waals surface area contributed by atoms with Crippen LogP contribution in [0.5, 0.6) is 0 Å². The third-order valence-corrected chi connectivity index (χ3v) is 1.13. The number of aromatic nitrogens is 2. The standard InChI is InChI=1S/C6H8N4O/c1-3-4-8-6-5(7)11-9-10(6)2/h1,7,9H,4H2,2H3. The van der Waals surface area contributed by atoms with Gasteiger partial charge >= 0.3 is 0 Å². The van der Waals surface area contributed by atoms with Gasteiger partial charge in [0.25, 0.3) is 5.55 Å². The van der Waals surface area contributed by atoms with Crippen molar-refractivity contribution in [1.82, 2.24) is 9.95 Å². The zero-order valence-corrected chi connectivity index (χ0v) is 6.09. The molecule has 0 amide bonds. The molecule has 1 aromatic heterocycles. The molecule has 1 aromatic rings. The molecule has 0 spiro atoms. The summed E-state index contributed by atoms with van der Waals surface area (Å²) in [5.74, 6) is 2.34. The minimum atomic E-state index is -0.0113. The largest absolute Gasteiger partial charge is 0.343 e. The van der Waals surface area contributed by atoms with E-state index in [0.717, 1.165) is 0 Å². The number of aryl methyl sites for hydroxylation is 1. The molecule has 0 aliphatic rings. The lowest BCUT2D eigenvalue weighted by atomic mass is 10.7. The van der Waals surface area contributed by atoms with E-state index in [0.29, 0.717) is 5.49 Å². The smallest absolute Gasteiger partial charge is 0.284 e. The highest BCUT2D eigenvalue weighted by molar-refractivity contribution is 4.87. The van der Waals surface area contributed by atoms with Gasteiger partial charge in [-0.2, -0.15) is 5.27 Å². The highest BCUT2D eigenvalue weighted by Gasteiger charge is 1.91. The molecular formula is C6H8N4O. The molecule has 0 saturated carbocycles. The average molecular weight is 152 g/mol. The van der Waals surface area contributed by atoms with E-state index in [1.807, 2.05) is 0 Å². The molecule has 5 heteroatoms. The Morgan fingerprint density at radius 1 is 1.91 bits per heavy atom. The van der Waals surface area contributed by atoms with Crippen LogP contribution in [0.25, 0.3) is 0 Å². The second-order valence-electron chi connectivity index (χ2n) is 1.93. The van der Waals surface area contributed by atoms with Crippen molar-refractivity contribution >= 4 is 0 Å². The van der Waals surface area contributed by atoms with Crippen molar-refractivity contribution in [2.24, 2.45) is 12.0 Å². The van der Waals surface area contributed by atoms with E-state index in [4.69, 9.17) is 11.8 Å². The van der Waals surface area contributed by atoms with Gasteiger partial charge in [0, 0.05) is 7.05 Å². The first kappa shape index (κ1) is 7.41. The van der Waals surface area contributed by atoms with Crippen LogP contribution in [0.1, 0.15) is 0 Å². The van der Waals surface area contributed by atoms with E-state index in [1.165, 1.54) is 4.68 Å². The molecule has 2 N–H and O–H groups in total. The van der Waals surface area contributed by atoms with Gasteiger partial charge in [-0.15, -0.1) is 6.42 Å². The number of hydrogen-bond acceptors (Lipinski definition) is 3. The first-order chi connectivity index (χ1) is 5.25. The number of aromatic amines is 1. The highest BCUT2D eigenvalue weighted by atomic mass is 16.5. The Bertz CT molecular complexity index is 386. The van der Waals surface area contributed by atoms with E-state index in [-0.39, 0.29) is 12.1 Å². The molecule has 0 saturated heterocycles. The van der Waals surface area contributed by atoms with Crippen LogP contribution in [0.2, 0.25) is 0 Å². The number of H-pyrrole nitrogens is 1. The van der Waals surface area contributed by atoms with Gasteiger partial charge in [0.05, 0.1) is 0 Å². The minimum Gasteiger partial charge on any atom is -0.343 e. The summed E-state index contributed by atoms with van der Waals surface area (Å²) in [5, 5.41) is 9.63. The zero-order valence-electron chi connectivity index (χ0n) is 6.09. The molecule has 0 fully saturated rings. The predicted molar refractivity (Wildman–Crippen MR) is 37.1 cm³/mol. The monoisotopic (exact) mass is 152 g/mol. The number of rotatable bonds is 1. The van der Waals surface area contributed by atoms with E-state index >= 15 is 0 Å². The van der Waals surface area contributed by atoms with E-state index in [9.17, 15) is 0 Å². The Hall–Kier alpha value is -1.70. The van der Waals surface area contributed by atoms with Gasteiger partial charge in [0.2, 0.25) is 5.49 Å². The van der Waals surface area contributed by atoms with Gasteiger partial charge in [-0.3, -0.25) is 5.41 Å². The predicted octanol–water partition coefficient (Wildman–Crippen LogP) is -1.04. The Labute approximate surface area is 62.8 Å². The van der Waals surface area contributed by atoms with Crippen molar-refractivity contribution in [2.45, 2.75) is 0 Å². The first-order valence-electron chi connectivity index (χ1n) is 2.98. The molecule has 0 atom stereocenters. The van der Waals surface area contributed by atoms with E-state index in [2.05, 4.69) is 20.7 Å². The van der Waals surface area contributed by atoms with Gasteiger partial charge in [0.1, 0.15) is 6.54 Å². The number of terminal acetylenes is 1. The maximum Gasteiger partial charge on any atom is 0.284 e. The summed E-state index contributed by atoms with van der Waals surface area (Å²) < 4.78 is 6.12. The van der Waals surface area contributed by atoms with Gasteiger partial charge in [0.15, 0.2) is 0 Å². The molecule has 0 aromatic carbocycles. The van der Waals surface area contributed by atoms with E-state index < -0.39 is 0 Å². The van der Waals surface area contributed by atoms with Crippen molar-refractivity contribution in [1.29, 1.82) is 5.41 Å². The summed E-state index contributed by atoms with van der Waals surface area (Å²) in [6, 6.07) is 0. The lowest BCUT2D eigenvalue weighted by Gasteiger charge is -1.83. The Morgan fingerprint density at radius 2 is 2.64 bits per heavy atom. The maximum absolute atomic E-state index is 7.19. The van der Waals surface area contributed by atoms with Crippen molar-refractivity contribution in [3.05, 3.63) is 11.0 Å². The van der Waals surface area contributed by atoms with Crippen LogP contribution < -0.4 is 11.0 Å². The number of nitrogens with one attached hydrogen (secondary N) is 2. The molecule has 1 rings (SSSR count). The van der Waals surface area contributed by atoms with E-state index in [1.54, 1.807) is 7.05 Å². The van der Waals surface area contributed by atoms with Crippen LogP contribution in [0, 0.1) is 17.8 Å². The summed E-state index contributed by atoms with van der Waals surface area (Å²) in [4.78, 5) is 3.90. The van der Waals surface area contributed by atoms with Crippen molar-refractivity contribution in [2.75, 3.05) is 6.54 Å². The van der Waals surface area contributed by atoms with Crippen LogP contribution in [0.3, 0.4) is 0 Å². The number of hydrogen-bond donors (Lipinski definition) is 2. The molecule has 1 heterocycles. The molecule has 0 aliphatic heterocycles. The highest BCUT2D eigenvalue weighted by Crippen LogP contribution is 1.62. The Balaban J connectivity index is 3.23. The van der Waals surface area contributed by atoms with Crippen LogP contribution in [-0.4, -0.2) is 16.5 Å². The third kappa shape index (κ3) is 1.41. The summed E-state index contributed by atoms with van der Waals surface area (Å²) in [6.45, 7) is 0.257. The minimum absolute atomic E-state index is 0.0113. The normalized spacial score (nSPS) is 11.5.